The Morgan fingerprint density at radius 1 is 1.14 bits per heavy atom. The van der Waals surface area contributed by atoms with Gasteiger partial charge in [0, 0.05) is 24.7 Å². The Morgan fingerprint density at radius 3 is 2.48 bits per heavy atom. The normalized spacial score (nSPS) is 13.1. The minimum atomic E-state index is -4.45. The molecule has 0 saturated carbocycles. The summed E-state index contributed by atoms with van der Waals surface area (Å²) in [5.41, 5.74) is 5.16. The number of anilines is 1. The van der Waals surface area contributed by atoms with Gasteiger partial charge in [-0.2, -0.15) is 13.2 Å². The van der Waals surface area contributed by atoms with E-state index in [4.69, 9.17) is 5.73 Å². The summed E-state index contributed by atoms with van der Waals surface area (Å²) in [7, 11) is -3.76. The molecule has 0 aliphatic heterocycles. The van der Waals surface area contributed by atoms with Crippen LogP contribution in [-0.2, 0) is 27.4 Å². The van der Waals surface area contributed by atoms with E-state index in [0.29, 0.717) is 5.56 Å². The van der Waals surface area contributed by atoms with Crippen LogP contribution in [-0.4, -0.2) is 27.4 Å². The van der Waals surface area contributed by atoms with Crippen molar-refractivity contribution in [2.45, 2.75) is 24.4 Å². The molecule has 0 spiro atoms. The van der Waals surface area contributed by atoms with Gasteiger partial charge in [0.05, 0.1) is 10.5 Å². The molecule has 0 saturated heterocycles. The number of hydrogen-bond donors (Lipinski definition) is 3. The van der Waals surface area contributed by atoms with Gasteiger partial charge >= 0.3 is 6.18 Å². The third-order valence-electron chi connectivity index (χ3n) is 4.09. The molecule has 29 heavy (non-hydrogen) atoms. The zero-order valence-electron chi connectivity index (χ0n) is 15.7. The maximum absolute atomic E-state index is 12.8. The van der Waals surface area contributed by atoms with E-state index in [-0.39, 0.29) is 30.1 Å². The van der Waals surface area contributed by atoms with Crippen LogP contribution >= 0.6 is 0 Å². The third-order valence-corrected chi connectivity index (χ3v) is 5.55. The van der Waals surface area contributed by atoms with Crippen LogP contribution in [0.5, 0.6) is 0 Å². The molecule has 0 aromatic heterocycles. The van der Waals surface area contributed by atoms with E-state index in [2.05, 4.69) is 10.0 Å². The molecule has 0 bridgehead atoms. The molecular formula is C19H22F3N3O3S. The van der Waals surface area contributed by atoms with Gasteiger partial charge in [-0.05, 0) is 36.2 Å². The topological polar surface area (TPSA) is 101 Å². The van der Waals surface area contributed by atoms with Crippen molar-refractivity contribution >= 4 is 21.6 Å². The molecule has 4 N–H and O–H groups in total. The molecule has 0 fully saturated rings. The van der Waals surface area contributed by atoms with Gasteiger partial charge in [0.15, 0.2) is 0 Å². The van der Waals surface area contributed by atoms with E-state index in [1.807, 2.05) is 0 Å². The number of alkyl halides is 3. The molecule has 6 nitrogen and oxygen atoms in total. The highest BCUT2D eigenvalue weighted by atomic mass is 32.2. The Kier molecular flexibility index (Phi) is 7.39. The maximum atomic E-state index is 12.8. The Bertz CT molecular complexity index is 962. The quantitative estimate of drug-likeness (QED) is 0.601. The summed E-state index contributed by atoms with van der Waals surface area (Å²) >= 11 is 0. The number of nitrogens with one attached hydrogen (secondary N) is 2. The molecule has 0 aliphatic rings. The molecule has 0 unspecified atom stereocenters. The first-order valence-electron chi connectivity index (χ1n) is 8.80. The molecular weight excluding hydrogens is 407 g/mol. The standard InChI is InChI=1S/C19H22F3N3O3S/c1-13(10-14-4-2-5-15(11-14)19(20,21)22)18(26)25-16-6-3-7-17(12-16)29(27,28)24-9-8-23/h2-7,11-13,24H,8-10,23H2,1H3,(H,25,26)/t13-/m1/s1. The lowest BCUT2D eigenvalue weighted by Gasteiger charge is -2.14. The molecule has 0 heterocycles. The van der Waals surface area contributed by atoms with E-state index >= 15 is 0 Å². The van der Waals surface area contributed by atoms with Gasteiger partial charge in [-0.3, -0.25) is 4.79 Å². The van der Waals surface area contributed by atoms with Gasteiger partial charge in [0.1, 0.15) is 0 Å². The lowest BCUT2D eigenvalue weighted by molar-refractivity contribution is -0.137. The number of amides is 1. The maximum Gasteiger partial charge on any atom is 0.416 e. The summed E-state index contributed by atoms with van der Waals surface area (Å²) in [6.45, 7) is 1.80. The average molecular weight is 429 g/mol. The minimum Gasteiger partial charge on any atom is -0.329 e. The molecule has 1 atom stereocenters. The number of carbonyl (C=O) groups excluding carboxylic acids is 1. The smallest absolute Gasteiger partial charge is 0.329 e. The van der Waals surface area contributed by atoms with Gasteiger partial charge in [0.2, 0.25) is 15.9 Å². The largest absolute Gasteiger partial charge is 0.416 e. The van der Waals surface area contributed by atoms with Crippen molar-refractivity contribution in [3.8, 4) is 0 Å². The predicted molar refractivity (Wildman–Crippen MR) is 104 cm³/mol. The second-order valence-corrected chi connectivity index (χ2v) is 8.27. The van der Waals surface area contributed by atoms with Crippen molar-refractivity contribution < 1.29 is 26.4 Å². The van der Waals surface area contributed by atoms with E-state index in [1.54, 1.807) is 6.92 Å². The van der Waals surface area contributed by atoms with Crippen LogP contribution in [0.2, 0.25) is 0 Å². The summed E-state index contributed by atoms with van der Waals surface area (Å²) in [6.07, 6.45) is -4.35. The van der Waals surface area contributed by atoms with Crippen LogP contribution in [0.1, 0.15) is 18.1 Å². The van der Waals surface area contributed by atoms with E-state index < -0.39 is 33.6 Å². The Morgan fingerprint density at radius 2 is 1.83 bits per heavy atom. The number of sulfonamides is 1. The van der Waals surface area contributed by atoms with Crippen LogP contribution in [0.15, 0.2) is 53.4 Å². The highest BCUT2D eigenvalue weighted by Gasteiger charge is 2.30. The molecule has 158 valence electrons. The monoisotopic (exact) mass is 429 g/mol. The van der Waals surface area contributed by atoms with Crippen LogP contribution < -0.4 is 15.8 Å². The van der Waals surface area contributed by atoms with E-state index in [0.717, 1.165) is 12.1 Å². The first kappa shape index (κ1) is 22.9. The molecule has 2 aromatic rings. The van der Waals surface area contributed by atoms with E-state index in [9.17, 15) is 26.4 Å². The second-order valence-electron chi connectivity index (χ2n) is 6.51. The van der Waals surface area contributed by atoms with Crippen LogP contribution in [0.25, 0.3) is 0 Å². The fraction of sp³-hybridized carbons (Fsp3) is 0.316. The fourth-order valence-corrected chi connectivity index (χ4v) is 3.70. The highest BCUT2D eigenvalue weighted by Crippen LogP contribution is 2.30. The van der Waals surface area contributed by atoms with Gasteiger partial charge in [-0.25, -0.2) is 13.1 Å². The first-order chi connectivity index (χ1) is 13.5. The minimum absolute atomic E-state index is 0.0331. The van der Waals surface area contributed by atoms with Crippen molar-refractivity contribution in [3.63, 3.8) is 0 Å². The van der Waals surface area contributed by atoms with Crippen LogP contribution in [0, 0.1) is 5.92 Å². The highest BCUT2D eigenvalue weighted by molar-refractivity contribution is 7.89. The number of hydrogen-bond acceptors (Lipinski definition) is 4. The van der Waals surface area contributed by atoms with Crippen LogP contribution in [0.3, 0.4) is 0 Å². The lowest BCUT2D eigenvalue weighted by Crippen LogP contribution is -2.29. The lowest BCUT2D eigenvalue weighted by atomic mass is 9.98. The summed E-state index contributed by atoms with van der Waals surface area (Å²) in [5, 5.41) is 2.60. The molecule has 0 radical (unpaired) electrons. The van der Waals surface area contributed by atoms with Crippen LogP contribution in [0.4, 0.5) is 18.9 Å². The summed E-state index contributed by atoms with van der Waals surface area (Å²) in [4.78, 5) is 12.4. The number of carbonyl (C=O) groups is 1. The van der Waals surface area contributed by atoms with Gasteiger partial charge in [-0.15, -0.1) is 0 Å². The zero-order valence-corrected chi connectivity index (χ0v) is 16.5. The number of benzene rings is 2. The number of rotatable bonds is 8. The van der Waals surface area contributed by atoms with Crippen molar-refractivity contribution in [2.24, 2.45) is 11.7 Å². The second kappa shape index (κ2) is 9.38. The Hall–Kier alpha value is -2.43. The first-order valence-corrected chi connectivity index (χ1v) is 10.3. The summed E-state index contributed by atoms with van der Waals surface area (Å²) < 4.78 is 65.1. The Labute approximate surface area is 167 Å². The SMILES string of the molecule is C[C@H](Cc1cccc(C(F)(F)F)c1)C(=O)Nc1cccc(S(=O)(=O)NCCN)c1. The fourth-order valence-electron chi connectivity index (χ4n) is 2.60. The summed E-state index contributed by atoms with van der Waals surface area (Å²) in [5.74, 6) is -1.07. The van der Waals surface area contributed by atoms with Crippen molar-refractivity contribution in [1.29, 1.82) is 0 Å². The average Bonchev–Trinajstić information content (AvgIpc) is 2.66. The van der Waals surface area contributed by atoms with Gasteiger partial charge < -0.3 is 11.1 Å². The number of halogens is 3. The molecule has 2 aromatic carbocycles. The predicted octanol–water partition coefficient (Wildman–Crippen LogP) is 2.76. The third kappa shape index (κ3) is 6.55. The number of nitrogens with two attached hydrogens (primary N) is 1. The van der Waals surface area contributed by atoms with Crippen molar-refractivity contribution in [1.82, 2.24) is 4.72 Å². The Balaban J connectivity index is 2.08. The molecule has 2 rings (SSSR count). The van der Waals surface area contributed by atoms with Crippen molar-refractivity contribution in [3.05, 3.63) is 59.7 Å². The molecule has 0 aliphatic carbocycles. The summed E-state index contributed by atoms with van der Waals surface area (Å²) in [6, 6.07) is 10.5. The van der Waals surface area contributed by atoms with Crippen molar-refractivity contribution in [2.75, 3.05) is 18.4 Å². The molecule has 1 amide bonds. The zero-order chi connectivity index (χ0) is 21.7. The van der Waals surface area contributed by atoms with Gasteiger partial charge in [-0.1, -0.05) is 31.2 Å². The van der Waals surface area contributed by atoms with Gasteiger partial charge in [0.25, 0.3) is 0 Å². The molecule has 10 heteroatoms. The van der Waals surface area contributed by atoms with E-state index in [1.165, 1.54) is 36.4 Å².